The summed E-state index contributed by atoms with van der Waals surface area (Å²) < 4.78 is 11.5. The number of benzene rings is 1. The van der Waals surface area contributed by atoms with E-state index in [2.05, 4.69) is 30.2 Å². The molecule has 4 nitrogen and oxygen atoms in total. The molecule has 1 atom stereocenters. The number of likely N-dealkylation sites (N-methyl/N-ethyl adjacent to an activating group) is 1. The normalized spacial score (nSPS) is 26.8. The molecule has 4 heteroatoms. The summed E-state index contributed by atoms with van der Waals surface area (Å²) in [4.78, 5) is 14.0. The Balaban J connectivity index is 1.81. The fourth-order valence-corrected chi connectivity index (χ4v) is 4.39. The van der Waals surface area contributed by atoms with E-state index in [9.17, 15) is 4.79 Å². The molecular formula is C18H17NO3. The second-order valence-corrected chi connectivity index (χ2v) is 6.62. The second kappa shape index (κ2) is 4.02. The van der Waals surface area contributed by atoms with Gasteiger partial charge in [0.2, 0.25) is 6.79 Å². The van der Waals surface area contributed by atoms with Crippen LogP contribution in [0.25, 0.3) is 0 Å². The number of ether oxygens (including phenoxy) is 2. The molecule has 1 aromatic rings. The summed E-state index contributed by atoms with van der Waals surface area (Å²) in [5.74, 6) is 1.79. The van der Waals surface area contributed by atoms with Gasteiger partial charge < -0.3 is 9.47 Å². The highest BCUT2D eigenvalue weighted by Crippen LogP contribution is 2.58. The predicted octanol–water partition coefficient (Wildman–Crippen LogP) is 2.28. The molecule has 1 unspecified atom stereocenters. The molecule has 112 valence electrons. The molecule has 2 aliphatic carbocycles. The van der Waals surface area contributed by atoms with Crippen LogP contribution in [0.2, 0.25) is 0 Å². The highest BCUT2D eigenvalue weighted by Gasteiger charge is 2.49. The van der Waals surface area contributed by atoms with Crippen LogP contribution in [0.3, 0.4) is 0 Å². The first-order chi connectivity index (χ1) is 10.7. The van der Waals surface area contributed by atoms with Crippen LogP contribution in [0.4, 0.5) is 0 Å². The Hall–Kier alpha value is -2.07. The van der Waals surface area contributed by atoms with Crippen molar-refractivity contribution in [1.82, 2.24) is 4.90 Å². The second-order valence-electron chi connectivity index (χ2n) is 6.62. The van der Waals surface area contributed by atoms with Crippen LogP contribution >= 0.6 is 0 Å². The number of rotatable bonds is 0. The number of allylic oxidation sites excluding steroid dienone is 4. The Morgan fingerprint density at radius 2 is 2.09 bits per heavy atom. The zero-order valence-corrected chi connectivity index (χ0v) is 12.5. The molecule has 22 heavy (non-hydrogen) atoms. The van der Waals surface area contributed by atoms with Gasteiger partial charge in [-0.25, -0.2) is 0 Å². The van der Waals surface area contributed by atoms with E-state index in [0.29, 0.717) is 6.04 Å². The van der Waals surface area contributed by atoms with Gasteiger partial charge in [-0.2, -0.15) is 0 Å². The molecule has 0 aromatic heterocycles. The highest BCUT2D eigenvalue weighted by atomic mass is 16.7. The van der Waals surface area contributed by atoms with Crippen molar-refractivity contribution >= 4 is 5.78 Å². The monoisotopic (exact) mass is 295 g/mol. The van der Waals surface area contributed by atoms with Crippen molar-refractivity contribution in [1.29, 1.82) is 0 Å². The quantitative estimate of drug-likeness (QED) is 0.736. The van der Waals surface area contributed by atoms with E-state index < -0.39 is 0 Å². The van der Waals surface area contributed by atoms with Crippen LogP contribution < -0.4 is 9.47 Å². The minimum Gasteiger partial charge on any atom is -0.454 e. The van der Waals surface area contributed by atoms with E-state index >= 15 is 0 Å². The van der Waals surface area contributed by atoms with Crippen LogP contribution in [0.1, 0.15) is 29.2 Å². The highest BCUT2D eigenvalue weighted by molar-refractivity contribution is 6.01. The molecular weight excluding hydrogens is 278 g/mol. The van der Waals surface area contributed by atoms with Gasteiger partial charge in [-0.15, -0.1) is 0 Å². The summed E-state index contributed by atoms with van der Waals surface area (Å²) in [7, 11) is 2.18. The van der Waals surface area contributed by atoms with Crippen LogP contribution in [-0.4, -0.2) is 31.1 Å². The first-order valence-corrected chi connectivity index (χ1v) is 7.76. The Bertz CT molecular complexity index is 746. The van der Waals surface area contributed by atoms with Gasteiger partial charge in [0.25, 0.3) is 0 Å². The van der Waals surface area contributed by atoms with Gasteiger partial charge in [0.15, 0.2) is 17.3 Å². The maximum atomic E-state index is 11.6. The van der Waals surface area contributed by atoms with Gasteiger partial charge in [0.1, 0.15) is 0 Å². The summed E-state index contributed by atoms with van der Waals surface area (Å²) >= 11 is 0. The zero-order chi connectivity index (χ0) is 14.9. The SMILES string of the molecule is CN1CCc2cc3c(c4c2C1CC41C=CC(=O)C=C1)OCO3. The van der Waals surface area contributed by atoms with E-state index in [1.807, 2.05) is 0 Å². The largest absolute Gasteiger partial charge is 0.454 e. The lowest BCUT2D eigenvalue weighted by Gasteiger charge is -2.32. The van der Waals surface area contributed by atoms with E-state index in [4.69, 9.17) is 9.47 Å². The number of ketones is 1. The van der Waals surface area contributed by atoms with E-state index in [1.54, 1.807) is 12.2 Å². The summed E-state index contributed by atoms with van der Waals surface area (Å²) in [5, 5.41) is 0. The molecule has 2 heterocycles. The Morgan fingerprint density at radius 3 is 2.91 bits per heavy atom. The molecule has 4 aliphatic rings. The van der Waals surface area contributed by atoms with Crippen LogP contribution in [0.5, 0.6) is 11.5 Å². The summed E-state index contributed by atoms with van der Waals surface area (Å²) in [5.41, 5.74) is 3.74. The van der Waals surface area contributed by atoms with Crippen molar-refractivity contribution in [3.8, 4) is 11.5 Å². The Labute approximate surface area is 129 Å². The minimum absolute atomic E-state index is 0.0591. The molecule has 1 aromatic carbocycles. The van der Waals surface area contributed by atoms with E-state index in [-0.39, 0.29) is 18.0 Å². The molecule has 0 fully saturated rings. The Kier molecular flexibility index (Phi) is 2.28. The van der Waals surface area contributed by atoms with Crippen molar-refractivity contribution in [2.75, 3.05) is 20.4 Å². The average Bonchev–Trinajstić information content (AvgIpc) is 3.10. The first kappa shape index (κ1) is 12.5. The molecule has 0 saturated carbocycles. The molecule has 0 radical (unpaired) electrons. The summed E-state index contributed by atoms with van der Waals surface area (Å²) in [6, 6.07) is 2.54. The van der Waals surface area contributed by atoms with E-state index in [1.165, 1.54) is 16.7 Å². The maximum Gasteiger partial charge on any atom is 0.231 e. The first-order valence-electron chi connectivity index (χ1n) is 7.76. The van der Waals surface area contributed by atoms with Crippen molar-refractivity contribution in [3.63, 3.8) is 0 Å². The van der Waals surface area contributed by atoms with Gasteiger partial charge in [-0.1, -0.05) is 12.2 Å². The fraction of sp³-hybridized carbons (Fsp3) is 0.389. The number of carbonyl (C=O) groups excluding carboxylic acids is 1. The van der Waals surface area contributed by atoms with Crippen LogP contribution in [-0.2, 0) is 16.6 Å². The number of nitrogens with zero attached hydrogens (tertiary/aromatic N) is 1. The third-order valence-corrected chi connectivity index (χ3v) is 5.47. The topological polar surface area (TPSA) is 38.8 Å². The standard InChI is InChI=1S/C18H17NO3/c1-19-7-4-11-8-14-17(22-10-21-14)16-15(11)13(19)9-18(16)5-2-12(20)3-6-18/h2-3,5-6,8,13H,4,7,9-10H2,1H3. The number of carbonyl (C=O) groups is 1. The molecule has 1 spiro atoms. The maximum absolute atomic E-state index is 11.6. The van der Waals surface area contributed by atoms with Gasteiger partial charge >= 0.3 is 0 Å². The molecule has 2 aliphatic heterocycles. The number of hydrogen-bond donors (Lipinski definition) is 0. The third kappa shape index (κ3) is 1.43. The fourth-order valence-electron chi connectivity index (χ4n) is 4.39. The van der Waals surface area contributed by atoms with Gasteiger partial charge in [0.05, 0.1) is 0 Å². The average molecular weight is 295 g/mol. The zero-order valence-electron chi connectivity index (χ0n) is 12.5. The van der Waals surface area contributed by atoms with Crippen molar-refractivity contribution in [2.45, 2.75) is 24.3 Å². The molecule has 0 saturated heterocycles. The van der Waals surface area contributed by atoms with Gasteiger partial charge in [-0.3, -0.25) is 9.69 Å². The predicted molar refractivity (Wildman–Crippen MR) is 81.2 cm³/mol. The third-order valence-electron chi connectivity index (χ3n) is 5.47. The lowest BCUT2D eigenvalue weighted by Crippen LogP contribution is -2.31. The van der Waals surface area contributed by atoms with Gasteiger partial charge in [-0.05, 0) is 49.2 Å². The van der Waals surface area contributed by atoms with Crippen LogP contribution in [0.15, 0.2) is 30.4 Å². The molecule has 0 bridgehead atoms. The van der Waals surface area contributed by atoms with E-state index in [0.717, 1.165) is 30.9 Å². The lowest BCUT2D eigenvalue weighted by atomic mass is 9.77. The molecule has 0 amide bonds. The van der Waals surface area contributed by atoms with Crippen molar-refractivity contribution in [3.05, 3.63) is 47.1 Å². The smallest absolute Gasteiger partial charge is 0.231 e. The number of fused-ring (bicyclic) bond motifs is 3. The van der Waals surface area contributed by atoms with Gasteiger partial charge in [0, 0.05) is 23.6 Å². The summed E-state index contributed by atoms with van der Waals surface area (Å²) in [6.45, 7) is 1.34. The van der Waals surface area contributed by atoms with Crippen molar-refractivity contribution < 1.29 is 14.3 Å². The number of hydrogen-bond acceptors (Lipinski definition) is 4. The van der Waals surface area contributed by atoms with Crippen molar-refractivity contribution in [2.24, 2.45) is 0 Å². The minimum atomic E-state index is -0.236. The molecule has 5 rings (SSSR count). The van der Waals surface area contributed by atoms with Crippen LogP contribution in [0, 0.1) is 0 Å². The summed E-state index contributed by atoms with van der Waals surface area (Å²) in [6.07, 6.45) is 9.50. The Morgan fingerprint density at radius 1 is 1.27 bits per heavy atom. The molecule has 0 N–H and O–H groups in total. The lowest BCUT2D eigenvalue weighted by molar-refractivity contribution is -0.110.